The van der Waals surface area contributed by atoms with Crippen LogP contribution in [0.25, 0.3) is 33.8 Å². The van der Waals surface area contributed by atoms with E-state index in [1.807, 2.05) is 60.9 Å². The van der Waals surface area contributed by atoms with Crippen LogP contribution in [-0.4, -0.2) is 47.0 Å². The van der Waals surface area contributed by atoms with Gasteiger partial charge in [0.25, 0.3) is 0 Å². The number of nitrogens with zero attached hydrogens (tertiary/aromatic N) is 4. The van der Waals surface area contributed by atoms with Crippen LogP contribution in [-0.2, 0) is 9.47 Å². The SMILES string of the molecule is c1ccc(-c2cncc(-c3cc(N4CCC5(CC4)OCCO5)nc(-c4ccccc4)n3)c2)cc1. The fourth-order valence-corrected chi connectivity index (χ4v) is 4.69. The Morgan fingerprint density at radius 1 is 0.676 bits per heavy atom. The van der Waals surface area contributed by atoms with Crippen LogP contribution in [0.5, 0.6) is 0 Å². The standard InChI is InChI=1S/C28H26N4O2/c1-3-7-21(8-4-1)23-17-24(20-29-19-23)25-18-26(31-27(30-25)22-9-5-2-6-10-22)32-13-11-28(12-14-32)33-15-16-34-28/h1-10,17-20H,11-16H2. The predicted octanol–water partition coefficient (Wildman–Crippen LogP) is 5.22. The van der Waals surface area contributed by atoms with Crippen LogP contribution in [0.4, 0.5) is 5.82 Å². The van der Waals surface area contributed by atoms with Crippen molar-refractivity contribution in [2.24, 2.45) is 0 Å². The molecule has 2 aliphatic rings. The van der Waals surface area contributed by atoms with Gasteiger partial charge in [-0.3, -0.25) is 4.98 Å². The molecule has 0 aliphatic carbocycles. The molecule has 0 radical (unpaired) electrons. The van der Waals surface area contributed by atoms with Gasteiger partial charge in [-0.05, 0) is 11.6 Å². The summed E-state index contributed by atoms with van der Waals surface area (Å²) in [6.07, 6.45) is 5.43. The van der Waals surface area contributed by atoms with E-state index in [1.54, 1.807) is 0 Å². The van der Waals surface area contributed by atoms with E-state index in [0.29, 0.717) is 19.0 Å². The number of anilines is 1. The summed E-state index contributed by atoms with van der Waals surface area (Å²) in [6, 6.07) is 24.7. The molecule has 170 valence electrons. The second-order valence-corrected chi connectivity index (χ2v) is 8.72. The third-order valence-electron chi connectivity index (χ3n) is 6.55. The molecule has 0 bridgehead atoms. The second kappa shape index (κ2) is 8.97. The van der Waals surface area contributed by atoms with Crippen LogP contribution >= 0.6 is 0 Å². The van der Waals surface area contributed by atoms with Crippen LogP contribution < -0.4 is 4.90 Å². The van der Waals surface area contributed by atoms with E-state index in [-0.39, 0.29) is 0 Å². The fraction of sp³-hybridized carbons (Fsp3) is 0.250. The fourth-order valence-electron chi connectivity index (χ4n) is 4.69. The summed E-state index contributed by atoms with van der Waals surface area (Å²) in [7, 11) is 0. The van der Waals surface area contributed by atoms with Crippen molar-refractivity contribution in [3.8, 4) is 33.8 Å². The van der Waals surface area contributed by atoms with E-state index in [4.69, 9.17) is 19.4 Å². The Labute approximate surface area is 199 Å². The summed E-state index contributed by atoms with van der Waals surface area (Å²) >= 11 is 0. The van der Waals surface area contributed by atoms with Crippen LogP contribution in [0, 0.1) is 0 Å². The van der Waals surface area contributed by atoms with E-state index in [9.17, 15) is 0 Å². The molecule has 34 heavy (non-hydrogen) atoms. The zero-order chi connectivity index (χ0) is 22.8. The Balaban J connectivity index is 1.38. The lowest BCUT2D eigenvalue weighted by Gasteiger charge is -2.38. The molecule has 2 aromatic carbocycles. The molecule has 1 spiro atoms. The number of aromatic nitrogens is 3. The van der Waals surface area contributed by atoms with E-state index in [1.165, 1.54) is 0 Å². The van der Waals surface area contributed by atoms with Crippen molar-refractivity contribution in [3.05, 3.63) is 85.2 Å². The normalized spacial score (nSPS) is 17.2. The molecule has 0 atom stereocenters. The summed E-state index contributed by atoms with van der Waals surface area (Å²) in [6.45, 7) is 3.01. The highest BCUT2D eigenvalue weighted by Crippen LogP contribution is 2.34. The van der Waals surface area contributed by atoms with Crippen LogP contribution in [0.2, 0.25) is 0 Å². The number of hydrogen-bond acceptors (Lipinski definition) is 6. The lowest BCUT2D eigenvalue weighted by Crippen LogP contribution is -2.45. The molecule has 2 aromatic heterocycles. The van der Waals surface area contributed by atoms with Crippen molar-refractivity contribution in [2.45, 2.75) is 18.6 Å². The molecule has 6 heteroatoms. The molecular weight excluding hydrogens is 424 g/mol. The molecule has 2 saturated heterocycles. The number of hydrogen-bond donors (Lipinski definition) is 0. The largest absolute Gasteiger partial charge is 0.356 e. The average molecular weight is 451 g/mol. The van der Waals surface area contributed by atoms with Crippen molar-refractivity contribution in [3.63, 3.8) is 0 Å². The molecule has 6 rings (SSSR count). The lowest BCUT2D eigenvalue weighted by atomic mass is 10.0. The molecule has 2 aliphatic heterocycles. The summed E-state index contributed by atoms with van der Waals surface area (Å²) in [5.74, 6) is 1.22. The molecule has 0 N–H and O–H groups in total. The Morgan fingerprint density at radius 3 is 2.03 bits per heavy atom. The topological polar surface area (TPSA) is 60.4 Å². The predicted molar refractivity (Wildman–Crippen MR) is 132 cm³/mol. The third-order valence-corrected chi connectivity index (χ3v) is 6.55. The maximum Gasteiger partial charge on any atom is 0.171 e. The van der Waals surface area contributed by atoms with Gasteiger partial charge in [-0.1, -0.05) is 60.7 Å². The van der Waals surface area contributed by atoms with E-state index >= 15 is 0 Å². The van der Waals surface area contributed by atoms with Crippen molar-refractivity contribution >= 4 is 5.82 Å². The van der Waals surface area contributed by atoms with Gasteiger partial charge in [0.2, 0.25) is 0 Å². The average Bonchev–Trinajstić information content (AvgIpc) is 3.37. The van der Waals surface area contributed by atoms with Gasteiger partial charge in [0.05, 0.1) is 18.9 Å². The highest BCUT2D eigenvalue weighted by atomic mass is 16.7. The maximum absolute atomic E-state index is 5.92. The van der Waals surface area contributed by atoms with E-state index in [0.717, 1.165) is 59.7 Å². The van der Waals surface area contributed by atoms with Crippen molar-refractivity contribution < 1.29 is 9.47 Å². The summed E-state index contributed by atoms with van der Waals surface area (Å²) in [4.78, 5) is 16.7. The smallest absolute Gasteiger partial charge is 0.171 e. The Hall–Kier alpha value is -3.61. The number of ether oxygens (including phenoxy) is 2. The van der Waals surface area contributed by atoms with Crippen molar-refractivity contribution in [2.75, 3.05) is 31.2 Å². The zero-order valence-electron chi connectivity index (χ0n) is 18.9. The highest BCUT2D eigenvalue weighted by Gasteiger charge is 2.40. The third kappa shape index (κ3) is 4.18. The van der Waals surface area contributed by atoms with E-state index < -0.39 is 5.79 Å². The van der Waals surface area contributed by atoms with Gasteiger partial charge in [-0.15, -0.1) is 0 Å². The zero-order valence-corrected chi connectivity index (χ0v) is 18.9. The minimum absolute atomic E-state index is 0.414. The van der Waals surface area contributed by atoms with Crippen LogP contribution in [0.1, 0.15) is 12.8 Å². The highest BCUT2D eigenvalue weighted by molar-refractivity contribution is 5.73. The Morgan fingerprint density at radius 2 is 1.32 bits per heavy atom. The molecular formula is C28H26N4O2. The van der Waals surface area contributed by atoms with Crippen LogP contribution in [0.15, 0.2) is 85.2 Å². The Bertz CT molecular complexity index is 1260. The minimum atomic E-state index is -0.414. The second-order valence-electron chi connectivity index (χ2n) is 8.72. The molecule has 0 unspecified atom stereocenters. The minimum Gasteiger partial charge on any atom is -0.356 e. The van der Waals surface area contributed by atoms with Gasteiger partial charge in [-0.25, -0.2) is 9.97 Å². The number of benzene rings is 2. The van der Waals surface area contributed by atoms with Gasteiger partial charge in [-0.2, -0.15) is 0 Å². The summed E-state index contributed by atoms with van der Waals surface area (Å²) < 4.78 is 11.8. The van der Waals surface area contributed by atoms with Crippen molar-refractivity contribution in [1.82, 2.24) is 15.0 Å². The monoisotopic (exact) mass is 450 g/mol. The first kappa shape index (κ1) is 21.0. The quantitative estimate of drug-likeness (QED) is 0.425. The van der Waals surface area contributed by atoms with Crippen molar-refractivity contribution in [1.29, 1.82) is 0 Å². The van der Waals surface area contributed by atoms with E-state index in [2.05, 4.69) is 34.1 Å². The number of pyridine rings is 1. The van der Waals surface area contributed by atoms with Gasteiger partial charge >= 0.3 is 0 Å². The molecule has 6 nitrogen and oxygen atoms in total. The molecule has 4 heterocycles. The molecule has 2 fully saturated rings. The van der Waals surface area contributed by atoms with Gasteiger partial charge in [0, 0.05) is 61.1 Å². The molecule has 0 saturated carbocycles. The Kier molecular flexibility index (Phi) is 5.53. The van der Waals surface area contributed by atoms with Gasteiger partial charge in [0.1, 0.15) is 5.82 Å². The summed E-state index contributed by atoms with van der Waals surface area (Å²) in [5.41, 5.74) is 5.02. The molecule has 0 amide bonds. The van der Waals surface area contributed by atoms with Gasteiger partial charge in [0.15, 0.2) is 11.6 Å². The lowest BCUT2D eigenvalue weighted by molar-refractivity contribution is -0.169. The first-order chi connectivity index (χ1) is 16.8. The van der Waals surface area contributed by atoms with Crippen LogP contribution in [0.3, 0.4) is 0 Å². The molecule has 4 aromatic rings. The first-order valence-electron chi connectivity index (χ1n) is 11.8. The van der Waals surface area contributed by atoms with Gasteiger partial charge < -0.3 is 14.4 Å². The number of piperidine rings is 1. The maximum atomic E-state index is 5.92. The first-order valence-corrected chi connectivity index (χ1v) is 11.8. The summed E-state index contributed by atoms with van der Waals surface area (Å²) in [5, 5.41) is 0. The number of rotatable bonds is 4.